The van der Waals surface area contributed by atoms with Gasteiger partial charge in [-0.2, -0.15) is 0 Å². The first-order valence-electron chi connectivity index (χ1n) is 4.47. The first kappa shape index (κ1) is 7.81. The van der Waals surface area contributed by atoms with Crippen molar-refractivity contribution < 1.29 is 5.11 Å². The molecule has 1 heteroatoms. The molecule has 0 radical (unpaired) electrons. The monoisotopic (exact) mass is 162 g/mol. The van der Waals surface area contributed by atoms with Crippen LogP contribution >= 0.6 is 0 Å². The number of fused-ring (bicyclic) bond motifs is 1. The van der Waals surface area contributed by atoms with Crippen LogP contribution in [0.4, 0.5) is 0 Å². The molecule has 1 aliphatic rings. The number of aliphatic hydroxyl groups is 1. The summed E-state index contributed by atoms with van der Waals surface area (Å²) in [7, 11) is 0. The fourth-order valence-electron chi connectivity index (χ4n) is 2.25. The second-order valence-electron chi connectivity index (χ2n) is 3.73. The highest BCUT2D eigenvalue weighted by molar-refractivity contribution is 5.42. The van der Waals surface area contributed by atoms with Gasteiger partial charge in [-0.3, -0.25) is 0 Å². The van der Waals surface area contributed by atoms with Crippen molar-refractivity contribution in [2.75, 3.05) is 0 Å². The van der Waals surface area contributed by atoms with E-state index in [1.807, 2.05) is 12.1 Å². The molecule has 64 valence electrons. The van der Waals surface area contributed by atoms with Crippen LogP contribution in [0.1, 0.15) is 42.1 Å². The quantitative estimate of drug-likeness (QED) is 0.621. The maximum Gasteiger partial charge on any atom is 0.0798 e. The number of benzene rings is 1. The molecule has 0 amide bonds. The number of hydrogen-bond donors (Lipinski definition) is 1. The maximum absolute atomic E-state index is 9.68. The molecule has 0 aromatic heterocycles. The second-order valence-corrected chi connectivity index (χ2v) is 3.73. The van der Waals surface area contributed by atoms with Crippen LogP contribution in [0.15, 0.2) is 18.2 Å². The van der Waals surface area contributed by atoms with Crippen LogP contribution < -0.4 is 0 Å². The standard InChI is InChI=1S/C11H14O/c1-7-4-3-5-9-10(12)6-8(2)11(7)9/h3-5,8,10,12H,6H2,1-2H3/t8-,10-/m0/s1. The lowest BCUT2D eigenvalue weighted by molar-refractivity contribution is 0.174. The summed E-state index contributed by atoms with van der Waals surface area (Å²) < 4.78 is 0. The average Bonchev–Trinajstić information content (AvgIpc) is 2.29. The molecule has 1 aromatic carbocycles. The third-order valence-electron chi connectivity index (χ3n) is 2.79. The van der Waals surface area contributed by atoms with Crippen molar-refractivity contribution in [3.8, 4) is 0 Å². The Labute approximate surface area is 73.0 Å². The Balaban J connectivity index is 2.59. The summed E-state index contributed by atoms with van der Waals surface area (Å²) in [6.45, 7) is 4.30. The molecule has 0 saturated carbocycles. The molecule has 12 heavy (non-hydrogen) atoms. The fraction of sp³-hybridized carbons (Fsp3) is 0.455. The smallest absolute Gasteiger partial charge is 0.0798 e. The van der Waals surface area contributed by atoms with Crippen molar-refractivity contribution in [1.82, 2.24) is 0 Å². The normalized spacial score (nSPS) is 27.2. The molecular formula is C11H14O. The molecule has 0 heterocycles. The molecule has 0 saturated heterocycles. The topological polar surface area (TPSA) is 20.2 Å². The highest BCUT2D eigenvalue weighted by Gasteiger charge is 2.27. The summed E-state index contributed by atoms with van der Waals surface area (Å²) in [5, 5.41) is 9.68. The first-order valence-corrected chi connectivity index (χ1v) is 4.47. The molecular weight excluding hydrogens is 148 g/mol. The first-order chi connectivity index (χ1) is 5.70. The van der Waals surface area contributed by atoms with Gasteiger partial charge in [0.15, 0.2) is 0 Å². The zero-order valence-electron chi connectivity index (χ0n) is 7.54. The summed E-state index contributed by atoms with van der Waals surface area (Å²) in [4.78, 5) is 0. The van der Waals surface area contributed by atoms with Crippen molar-refractivity contribution >= 4 is 0 Å². The van der Waals surface area contributed by atoms with E-state index in [0.29, 0.717) is 5.92 Å². The highest BCUT2D eigenvalue weighted by Crippen LogP contribution is 2.41. The predicted molar refractivity (Wildman–Crippen MR) is 49.2 cm³/mol. The van der Waals surface area contributed by atoms with E-state index in [4.69, 9.17) is 0 Å². The number of hydrogen-bond acceptors (Lipinski definition) is 1. The van der Waals surface area contributed by atoms with Crippen LogP contribution in [0.25, 0.3) is 0 Å². The van der Waals surface area contributed by atoms with Crippen molar-refractivity contribution in [3.63, 3.8) is 0 Å². The molecule has 1 aromatic rings. The van der Waals surface area contributed by atoms with Gasteiger partial charge in [0.25, 0.3) is 0 Å². The van der Waals surface area contributed by atoms with Gasteiger partial charge in [-0.15, -0.1) is 0 Å². The van der Waals surface area contributed by atoms with Crippen molar-refractivity contribution in [2.24, 2.45) is 0 Å². The van der Waals surface area contributed by atoms with Gasteiger partial charge < -0.3 is 5.11 Å². The minimum atomic E-state index is -0.227. The van der Waals surface area contributed by atoms with Gasteiger partial charge in [-0.05, 0) is 36.0 Å². The summed E-state index contributed by atoms with van der Waals surface area (Å²) in [6.07, 6.45) is 0.662. The zero-order valence-corrected chi connectivity index (χ0v) is 7.54. The van der Waals surface area contributed by atoms with E-state index in [0.717, 1.165) is 12.0 Å². The summed E-state index contributed by atoms with van der Waals surface area (Å²) in [6, 6.07) is 6.18. The van der Waals surface area contributed by atoms with Crippen LogP contribution in [-0.2, 0) is 0 Å². The summed E-state index contributed by atoms with van der Waals surface area (Å²) >= 11 is 0. The SMILES string of the molecule is Cc1cccc2c1[C@@H](C)C[C@@H]2O. The third kappa shape index (κ3) is 0.969. The van der Waals surface area contributed by atoms with Crippen molar-refractivity contribution in [2.45, 2.75) is 32.3 Å². The van der Waals surface area contributed by atoms with Gasteiger partial charge in [0.1, 0.15) is 0 Å². The summed E-state index contributed by atoms with van der Waals surface area (Å²) in [5.41, 5.74) is 3.82. The Morgan fingerprint density at radius 2 is 2.17 bits per heavy atom. The van der Waals surface area contributed by atoms with E-state index in [2.05, 4.69) is 19.9 Å². The molecule has 0 spiro atoms. The zero-order chi connectivity index (χ0) is 8.72. The van der Waals surface area contributed by atoms with E-state index < -0.39 is 0 Å². The Morgan fingerprint density at radius 3 is 2.83 bits per heavy atom. The van der Waals surface area contributed by atoms with Crippen LogP contribution in [0.2, 0.25) is 0 Å². The van der Waals surface area contributed by atoms with E-state index in [1.165, 1.54) is 11.1 Å². The fourth-order valence-corrected chi connectivity index (χ4v) is 2.25. The van der Waals surface area contributed by atoms with Gasteiger partial charge in [-0.1, -0.05) is 25.1 Å². The molecule has 2 atom stereocenters. The average molecular weight is 162 g/mol. The predicted octanol–water partition coefficient (Wildman–Crippen LogP) is 2.54. The lowest BCUT2D eigenvalue weighted by Gasteiger charge is -2.07. The van der Waals surface area contributed by atoms with Gasteiger partial charge in [0, 0.05) is 0 Å². The van der Waals surface area contributed by atoms with E-state index in [9.17, 15) is 5.11 Å². The lowest BCUT2D eigenvalue weighted by Crippen LogP contribution is -1.91. The van der Waals surface area contributed by atoms with Crippen molar-refractivity contribution in [3.05, 3.63) is 34.9 Å². The van der Waals surface area contributed by atoms with Crippen LogP contribution in [-0.4, -0.2) is 5.11 Å². The van der Waals surface area contributed by atoms with Crippen molar-refractivity contribution in [1.29, 1.82) is 0 Å². The van der Waals surface area contributed by atoms with E-state index >= 15 is 0 Å². The molecule has 1 N–H and O–H groups in total. The highest BCUT2D eigenvalue weighted by atomic mass is 16.3. The van der Waals surface area contributed by atoms with Gasteiger partial charge in [-0.25, -0.2) is 0 Å². The van der Waals surface area contributed by atoms with Crippen LogP contribution in [0.5, 0.6) is 0 Å². The Morgan fingerprint density at radius 1 is 1.42 bits per heavy atom. The Bertz CT molecular complexity index is 304. The molecule has 0 unspecified atom stereocenters. The Kier molecular flexibility index (Phi) is 1.69. The van der Waals surface area contributed by atoms with Gasteiger partial charge >= 0.3 is 0 Å². The minimum Gasteiger partial charge on any atom is -0.388 e. The minimum absolute atomic E-state index is 0.227. The molecule has 0 fully saturated rings. The van der Waals surface area contributed by atoms with Crippen LogP contribution in [0, 0.1) is 6.92 Å². The molecule has 1 aliphatic carbocycles. The van der Waals surface area contributed by atoms with E-state index in [-0.39, 0.29) is 6.10 Å². The third-order valence-corrected chi connectivity index (χ3v) is 2.79. The molecule has 0 aliphatic heterocycles. The summed E-state index contributed by atoms with van der Waals surface area (Å²) in [5.74, 6) is 0.524. The van der Waals surface area contributed by atoms with Gasteiger partial charge in [0.05, 0.1) is 6.10 Å². The number of rotatable bonds is 0. The molecule has 1 nitrogen and oxygen atoms in total. The number of aliphatic hydroxyl groups excluding tert-OH is 1. The number of aryl methyl sites for hydroxylation is 1. The van der Waals surface area contributed by atoms with E-state index in [1.54, 1.807) is 0 Å². The molecule has 0 bridgehead atoms. The molecule has 2 rings (SSSR count). The Hall–Kier alpha value is -0.820. The second kappa shape index (κ2) is 2.60. The van der Waals surface area contributed by atoms with Crippen LogP contribution in [0.3, 0.4) is 0 Å². The largest absolute Gasteiger partial charge is 0.388 e. The lowest BCUT2D eigenvalue weighted by atomic mass is 9.98. The maximum atomic E-state index is 9.68. The van der Waals surface area contributed by atoms with Gasteiger partial charge in [0.2, 0.25) is 0 Å².